The number of nitrogens with zero attached hydrogens (tertiary/aromatic N) is 2. The molecule has 0 saturated heterocycles. The number of aliphatic hydroxyl groups excluding tert-OH is 1. The molecule has 1 heterocycles. The quantitative estimate of drug-likeness (QED) is 0.892. The summed E-state index contributed by atoms with van der Waals surface area (Å²) in [6.07, 6.45) is 3.01. The van der Waals surface area contributed by atoms with E-state index in [1.54, 1.807) is 29.1 Å². The van der Waals surface area contributed by atoms with Gasteiger partial charge in [0.05, 0.1) is 12.3 Å². The van der Waals surface area contributed by atoms with E-state index in [9.17, 15) is 5.11 Å². The number of aliphatic hydroxyl groups is 1. The number of aromatic nitrogens is 2. The lowest BCUT2D eigenvalue weighted by atomic mass is 10.1. The lowest BCUT2D eigenvalue weighted by Crippen LogP contribution is -2.21. The van der Waals surface area contributed by atoms with Crippen molar-refractivity contribution in [3.05, 3.63) is 51.8 Å². The Balaban J connectivity index is 1.90. The van der Waals surface area contributed by atoms with E-state index in [0.29, 0.717) is 28.7 Å². The molecule has 0 radical (unpaired) electrons. The first kappa shape index (κ1) is 14.3. The van der Waals surface area contributed by atoms with Crippen LogP contribution in [0.2, 0.25) is 10.0 Å². The summed E-state index contributed by atoms with van der Waals surface area (Å²) < 4.78 is 1.74. The van der Waals surface area contributed by atoms with Crippen LogP contribution in [0.1, 0.15) is 17.2 Å². The van der Waals surface area contributed by atoms with Crippen LogP contribution in [0.4, 0.5) is 0 Å². The van der Waals surface area contributed by atoms with Crippen LogP contribution in [0, 0.1) is 0 Å². The van der Waals surface area contributed by atoms with Crippen LogP contribution in [0.25, 0.3) is 0 Å². The second-order valence-corrected chi connectivity index (χ2v) is 5.18. The molecule has 1 aromatic carbocycles. The molecule has 0 aliphatic heterocycles. The Hall–Kier alpha value is -1.07. The first-order valence-corrected chi connectivity index (χ1v) is 6.63. The van der Waals surface area contributed by atoms with Gasteiger partial charge >= 0.3 is 0 Å². The highest BCUT2D eigenvalue weighted by atomic mass is 35.5. The smallest absolute Gasteiger partial charge is 0.0929 e. The van der Waals surface area contributed by atoms with Crippen LogP contribution < -0.4 is 5.32 Å². The molecule has 0 fully saturated rings. The monoisotopic (exact) mass is 299 g/mol. The fourth-order valence-electron chi connectivity index (χ4n) is 1.80. The van der Waals surface area contributed by atoms with Crippen molar-refractivity contribution in [2.75, 3.05) is 6.54 Å². The number of halogens is 2. The molecule has 1 atom stereocenters. The van der Waals surface area contributed by atoms with Gasteiger partial charge in [-0.2, -0.15) is 5.10 Å². The predicted octanol–water partition coefficient (Wildman–Crippen LogP) is 2.55. The molecule has 0 saturated carbocycles. The third-order valence-corrected chi connectivity index (χ3v) is 3.32. The maximum Gasteiger partial charge on any atom is 0.0929 e. The molecule has 0 amide bonds. The predicted molar refractivity (Wildman–Crippen MR) is 76.3 cm³/mol. The molecule has 19 heavy (non-hydrogen) atoms. The lowest BCUT2D eigenvalue weighted by molar-refractivity contribution is 0.174. The molecular formula is C13H15Cl2N3O. The van der Waals surface area contributed by atoms with E-state index in [1.165, 1.54) is 0 Å². The van der Waals surface area contributed by atoms with Crippen LogP contribution >= 0.6 is 23.2 Å². The summed E-state index contributed by atoms with van der Waals surface area (Å²) in [6, 6.07) is 5.06. The molecule has 6 heteroatoms. The topological polar surface area (TPSA) is 50.1 Å². The first-order valence-electron chi connectivity index (χ1n) is 5.87. The van der Waals surface area contributed by atoms with Gasteiger partial charge in [-0.15, -0.1) is 0 Å². The molecule has 0 aliphatic carbocycles. The molecule has 0 spiro atoms. The minimum atomic E-state index is -0.692. The third kappa shape index (κ3) is 3.94. The maximum absolute atomic E-state index is 10.1. The first-order chi connectivity index (χ1) is 9.06. The summed E-state index contributed by atoms with van der Waals surface area (Å²) in [5.41, 5.74) is 1.69. The molecular weight excluding hydrogens is 285 g/mol. The number of hydrogen-bond acceptors (Lipinski definition) is 3. The third-order valence-electron chi connectivity index (χ3n) is 2.74. The van der Waals surface area contributed by atoms with E-state index >= 15 is 0 Å². The van der Waals surface area contributed by atoms with Crippen LogP contribution in [-0.4, -0.2) is 21.4 Å². The second kappa shape index (κ2) is 6.39. The van der Waals surface area contributed by atoms with Crippen molar-refractivity contribution in [1.29, 1.82) is 0 Å². The van der Waals surface area contributed by atoms with Gasteiger partial charge in [0.15, 0.2) is 0 Å². The summed E-state index contributed by atoms with van der Waals surface area (Å²) in [5.74, 6) is 0. The fourth-order valence-corrected chi connectivity index (χ4v) is 2.22. The van der Waals surface area contributed by atoms with Crippen LogP contribution in [-0.2, 0) is 13.6 Å². The van der Waals surface area contributed by atoms with Crippen molar-refractivity contribution in [2.45, 2.75) is 12.6 Å². The van der Waals surface area contributed by atoms with Crippen LogP contribution in [0.5, 0.6) is 0 Å². The molecule has 0 bridgehead atoms. The summed E-state index contributed by atoms with van der Waals surface area (Å²) in [4.78, 5) is 0. The summed E-state index contributed by atoms with van der Waals surface area (Å²) in [6.45, 7) is 1.04. The number of nitrogens with one attached hydrogen (secondary N) is 1. The highest BCUT2D eigenvalue weighted by Gasteiger charge is 2.11. The standard InChI is InChI=1S/C13H15Cl2N3O/c1-18-8-9(6-17-18)5-16-7-13(19)11-4-10(14)2-3-12(11)15/h2-4,6,8,13,16,19H,5,7H2,1H3. The van der Waals surface area contributed by atoms with Crippen molar-refractivity contribution in [2.24, 2.45) is 7.05 Å². The Labute approximate surface area is 122 Å². The van der Waals surface area contributed by atoms with Gasteiger partial charge in [0.1, 0.15) is 0 Å². The van der Waals surface area contributed by atoms with Gasteiger partial charge in [0.25, 0.3) is 0 Å². The van der Waals surface area contributed by atoms with Crippen LogP contribution in [0.3, 0.4) is 0 Å². The molecule has 102 valence electrons. The second-order valence-electron chi connectivity index (χ2n) is 4.33. The van der Waals surface area contributed by atoms with E-state index in [-0.39, 0.29) is 0 Å². The minimum absolute atomic E-state index is 0.398. The average molecular weight is 300 g/mol. The van der Waals surface area contributed by atoms with Crippen molar-refractivity contribution < 1.29 is 5.11 Å². The number of aryl methyl sites for hydroxylation is 1. The van der Waals surface area contributed by atoms with Crippen molar-refractivity contribution in [3.8, 4) is 0 Å². The Bertz CT molecular complexity index is 557. The fraction of sp³-hybridized carbons (Fsp3) is 0.308. The van der Waals surface area contributed by atoms with Gasteiger partial charge in [-0.3, -0.25) is 4.68 Å². The van der Waals surface area contributed by atoms with Gasteiger partial charge in [-0.1, -0.05) is 23.2 Å². The van der Waals surface area contributed by atoms with Crippen molar-refractivity contribution in [3.63, 3.8) is 0 Å². The molecule has 2 aromatic rings. The zero-order valence-electron chi connectivity index (χ0n) is 10.5. The summed E-state index contributed by atoms with van der Waals surface area (Å²) in [7, 11) is 1.87. The number of hydrogen-bond donors (Lipinski definition) is 2. The zero-order chi connectivity index (χ0) is 13.8. The van der Waals surface area contributed by atoms with E-state index < -0.39 is 6.10 Å². The Kier molecular flexibility index (Phi) is 4.82. The van der Waals surface area contributed by atoms with Gasteiger partial charge in [-0.05, 0) is 18.2 Å². The summed E-state index contributed by atoms with van der Waals surface area (Å²) in [5, 5.41) is 18.4. The lowest BCUT2D eigenvalue weighted by Gasteiger charge is -2.13. The Morgan fingerprint density at radius 3 is 2.89 bits per heavy atom. The van der Waals surface area contributed by atoms with Crippen molar-refractivity contribution >= 4 is 23.2 Å². The average Bonchev–Trinajstić information content (AvgIpc) is 2.78. The normalized spacial score (nSPS) is 12.6. The Morgan fingerprint density at radius 2 is 2.21 bits per heavy atom. The molecule has 1 unspecified atom stereocenters. The zero-order valence-corrected chi connectivity index (χ0v) is 12.0. The molecule has 4 nitrogen and oxygen atoms in total. The number of benzene rings is 1. The van der Waals surface area contributed by atoms with Gasteiger partial charge in [0.2, 0.25) is 0 Å². The highest BCUT2D eigenvalue weighted by Crippen LogP contribution is 2.25. The van der Waals surface area contributed by atoms with E-state index in [0.717, 1.165) is 5.56 Å². The SMILES string of the molecule is Cn1cc(CNCC(O)c2cc(Cl)ccc2Cl)cn1. The van der Waals surface area contributed by atoms with E-state index in [2.05, 4.69) is 10.4 Å². The van der Waals surface area contributed by atoms with Gasteiger partial charge in [-0.25, -0.2) is 0 Å². The highest BCUT2D eigenvalue weighted by molar-refractivity contribution is 6.33. The van der Waals surface area contributed by atoms with Gasteiger partial charge < -0.3 is 10.4 Å². The largest absolute Gasteiger partial charge is 0.387 e. The Morgan fingerprint density at radius 1 is 1.42 bits per heavy atom. The number of rotatable bonds is 5. The summed E-state index contributed by atoms with van der Waals surface area (Å²) >= 11 is 11.9. The minimum Gasteiger partial charge on any atom is -0.387 e. The molecule has 2 N–H and O–H groups in total. The molecule has 2 rings (SSSR count). The van der Waals surface area contributed by atoms with E-state index in [1.807, 2.05) is 13.2 Å². The van der Waals surface area contributed by atoms with E-state index in [4.69, 9.17) is 23.2 Å². The maximum atomic E-state index is 10.1. The van der Waals surface area contributed by atoms with Crippen molar-refractivity contribution in [1.82, 2.24) is 15.1 Å². The molecule has 0 aliphatic rings. The van der Waals surface area contributed by atoms with Gasteiger partial charge in [0, 0.05) is 47.5 Å². The molecule has 1 aromatic heterocycles. The van der Waals surface area contributed by atoms with Crippen LogP contribution in [0.15, 0.2) is 30.6 Å².